The van der Waals surface area contributed by atoms with Crippen LogP contribution >= 0.6 is 0 Å². The van der Waals surface area contributed by atoms with Crippen molar-refractivity contribution >= 4 is 0 Å². The van der Waals surface area contributed by atoms with E-state index in [1.54, 1.807) is 0 Å². The molecule has 2 aliphatic rings. The van der Waals surface area contributed by atoms with Crippen LogP contribution in [0.3, 0.4) is 0 Å². The molecule has 0 aromatic rings. The van der Waals surface area contributed by atoms with Crippen LogP contribution in [-0.2, 0) is 0 Å². The van der Waals surface area contributed by atoms with Crippen LogP contribution in [0.15, 0.2) is 0 Å². The Hall–Kier alpha value is 1.73. The van der Waals surface area contributed by atoms with Crippen molar-refractivity contribution in [2.75, 3.05) is 26.2 Å². The van der Waals surface area contributed by atoms with E-state index in [0.29, 0.717) is 5.41 Å². The van der Waals surface area contributed by atoms with E-state index in [-0.39, 0.29) is 58.2 Å². The first-order valence-corrected chi connectivity index (χ1v) is 5.75. The van der Waals surface area contributed by atoms with Crippen LogP contribution in [0.5, 0.6) is 0 Å². The van der Waals surface area contributed by atoms with Gasteiger partial charge in [0.15, 0.2) is 0 Å². The molecule has 0 atom stereocenters. The predicted molar refractivity (Wildman–Crippen MR) is 58.2 cm³/mol. The first-order chi connectivity index (χ1) is 6.41. The summed E-state index contributed by atoms with van der Waals surface area (Å²) in [5, 5.41) is 7.83. The van der Waals surface area contributed by atoms with Gasteiger partial charge in [-0.1, -0.05) is 26.7 Å². The molecule has 0 radical (unpaired) electrons. The van der Waals surface area contributed by atoms with Gasteiger partial charge < -0.3 is 10.6 Å². The second kappa shape index (κ2) is 8.83. The number of nitrogens with zero attached hydrogens (tertiary/aromatic N) is 1. The van der Waals surface area contributed by atoms with Crippen molar-refractivity contribution in [3.8, 4) is 0 Å². The zero-order chi connectivity index (χ0) is 9.57. The van der Waals surface area contributed by atoms with Gasteiger partial charge in [0.05, 0.1) is 0 Å². The summed E-state index contributed by atoms with van der Waals surface area (Å²) in [6, 6.07) is 0. The zero-order valence-electron chi connectivity index (χ0n) is 10.1. The van der Waals surface area contributed by atoms with E-state index in [2.05, 4.69) is 10.6 Å². The van der Waals surface area contributed by atoms with Gasteiger partial charge in [-0.25, -0.2) is 0 Å². The molecule has 0 amide bonds. The molecule has 0 aliphatic carbocycles. The molecule has 78 valence electrons. The van der Waals surface area contributed by atoms with Gasteiger partial charge >= 0.3 is 58.2 Å². The monoisotopic (exact) mass is 268 g/mol. The summed E-state index contributed by atoms with van der Waals surface area (Å²) < 4.78 is 0. The Kier molecular flexibility index (Phi) is 9.92. The molecule has 2 rings (SSSR count). The minimum atomic E-state index is 0. The largest absolute Gasteiger partial charge is 1.00 e. The van der Waals surface area contributed by atoms with Crippen LogP contribution in [0.1, 0.15) is 39.5 Å². The molecule has 2 aliphatic heterocycles. The van der Waals surface area contributed by atoms with Gasteiger partial charge in [0.1, 0.15) is 0 Å². The van der Waals surface area contributed by atoms with E-state index in [4.69, 9.17) is 0 Å². The molecule has 0 aromatic heterocycles. The van der Waals surface area contributed by atoms with Gasteiger partial charge in [0.2, 0.25) is 0 Å². The van der Waals surface area contributed by atoms with Gasteiger partial charge in [0.25, 0.3) is 0 Å². The van der Waals surface area contributed by atoms with E-state index < -0.39 is 0 Å². The van der Waals surface area contributed by atoms with Crippen molar-refractivity contribution < 1.29 is 58.2 Å². The third-order valence-corrected chi connectivity index (χ3v) is 3.26. The number of hydrogen-bond acceptors (Lipinski definition) is 1. The minimum absolute atomic E-state index is 0. The molecule has 0 bridgehead atoms. The van der Waals surface area contributed by atoms with Crippen LogP contribution in [0, 0.1) is 5.41 Å². The van der Waals surface area contributed by atoms with Gasteiger partial charge in [-0.2, -0.15) is 0 Å². The van der Waals surface area contributed by atoms with Crippen molar-refractivity contribution in [1.29, 1.82) is 0 Å². The summed E-state index contributed by atoms with van der Waals surface area (Å²) in [6.07, 6.45) is 5.49. The average Bonchev–Trinajstić information content (AvgIpc) is 2.23. The van der Waals surface area contributed by atoms with Crippen molar-refractivity contribution in [1.82, 2.24) is 5.32 Å². The van der Waals surface area contributed by atoms with Crippen molar-refractivity contribution in [2.45, 2.75) is 39.5 Å². The Morgan fingerprint density at radius 1 is 0.929 bits per heavy atom. The van der Waals surface area contributed by atoms with E-state index in [1.165, 1.54) is 38.8 Å². The van der Waals surface area contributed by atoms with Crippen LogP contribution in [0.25, 0.3) is 5.32 Å². The van der Waals surface area contributed by atoms with Gasteiger partial charge in [-0.05, 0) is 31.3 Å². The van der Waals surface area contributed by atoms with Gasteiger partial charge in [-0.15, -0.1) is 13.1 Å². The summed E-state index contributed by atoms with van der Waals surface area (Å²) in [5.41, 5.74) is 0.701. The second-order valence-corrected chi connectivity index (χ2v) is 3.92. The van der Waals surface area contributed by atoms with Crippen molar-refractivity contribution in [3.05, 3.63) is 5.32 Å². The molecular formula is C11H23N2Rb. The standard InChI is InChI=1S/C9H17N2.C2H6.Rb/c1-5-10-6-2-9(1)3-7-11-8-4-9;1-2;/h10H,1-8H2;1-2H3;/q-1;;+1. The predicted octanol–water partition coefficient (Wildman–Crippen LogP) is -0.446. The molecule has 1 N–H and O–H groups in total. The molecule has 2 saturated heterocycles. The third-order valence-electron chi connectivity index (χ3n) is 3.26. The fourth-order valence-electron chi connectivity index (χ4n) is 2.33. The number of hydrogen-bond donors (Lipinski definition) is 1. The molecule has 0 saturated carbocycles. The summed E-state index contributed by atoms with van der Waals surface area (Å²) in [4.78, 5) is 0. The maximum absolute atomic E-state index is 4.41. The van der Waals surface area contributed by atoms with Crippen LogP contribution in [-0.4, -0.2) is 26.2 Å². The third kappa shape index (κ3) is 4.71. The Labute approximate surface area is 138 Å². The van der Waals surface area contributed by atoms with E-state index in [1.807, 2.05) is 13.8 Å². The summed E-state index contributed by atoms with van der Waals surface area (Å²) in [5.74, 6) is 0. The topological polar surface area (TPSA) is 26.1 Å². The first-order valence-electron chi connectivity index (χ1n) is 5.75. The van der Waals surface area contributed by atoms with Crippen molar-refractivity contribution in [3.63, 3.8) is 0 Å². The maximum Gasteiger partial charge on any atom is 1.00 e. The fourth-order valence-corrected chi connectivity index (χ4v) is 2.33. The molecule has 2 nitrogen and oxygen atoms in total. The first kappa shape index (κ1) is 15.7. The summed E-state index contributed by atoms with van der Waals surface area (Å²) >= 11 is 0. The Balaban J connectivity index is 0.000000531. The van der Waals surface area contributed by atoms with E-state index in [9.17, 15) is 0 Å². The molecule has 0 unspecified atom stereocenters. The minimum Gasteiger partial charge on any atom is -0.662 e. The maximum atomic E-state index is 4.41. The molecular weight excluding hydrogens is 246 g/mol. The number of rotatable bonds is 0. The average molecular weight is 269 g/mol. The van der Waals surface area contributed by atoms with E-state index in [0.717, 1.165) is 13.1 Å². The Morgan fingerprint density at radius 2 is 1.43 bits per heavy atom. The quantitative estimate of drug-likeness (QED) is 0.633. The zero-order valence-corrected chi connectivity index (χ0v) is 15.0. The summed E-state index contributed by atoms with van der Waals surface area (Å²) in [6.45, 7) is 8.72. The smallest absolute Gasteiger partial charge is 0.662 e. The molecule has 2 fully saturated rings. The normalized spacial score (nSPS) is 24.4. The van der Waals surface area contributed by atoms with Gasteiger partial charge in [-0.3, -0.25) is 0 Å². The molecule has 0 aromatic carbocycles. The second-order valence-electron chi connectivity index (χ2n) is 3.92. The fraction of sp³-hybridized carbons (Fsp3) is 1.00. The number of nitrogens with one attached hydrogen (secondary N) is 1. The van der Waals surface area contributed by atoms with Gasteiger partial charge in [0, 0.05) is 0 Å². The van der Waals surface area contributed by atoms with Crippen LogP contribution in [0.2, 0.25) is 0 Å². The van der Waals surface area contributed by atoms with Crippen LogP contribution in [0.4, 0.5) is 0 Å². The van der Waals surface area contributed by atoms with Crippen molar-refractivity contribution in [2.24, 2.45) is 5.41 Å². The van der Waals surface area contributed by atoms with E-state index >= 15 is 0 Å². The molecule has 2 heterocycles. The molecule has 3 heteroatoms. The SMILES string of the molecule is C1CC2(CC[N-]1)CCNCC2.CC.[Rb+]. The van der Waals surface area contributed by atoms with Crippen LogP contribution < -0.4 is 63.5 Å². The molecule has 14 heavy (non-hydrogen) atoms. The Bertz CT molecular complexity index is 108. The Morgan fingerprint density at radius 3 is 1.93 bits per heavy atom. The number of piperidine rings is 2. The summed E-state index contributed by atoms with van der Waals surface area (Å²) in [7, 11) is 0. The molecule has 1 spiro atoms.